The number of aromatic amines is 1. The van der Waals surface area contributed by atoms with Gasteiger partial charge in [0, 0.05) is 32.2 Å². The van der Waals surface area contributed by atoms with E-state index < -0.39 is 0 Å². The lowest BCUT2D eigenvalue weighted by Gasteiger charge is -2.20. The maximum absolute atomic E-state index is 4.48. The summed E-state index contributed by atoms with van der Waals surface area (Å²) in [7, 11) is 1.82. The summed E-state index contributed by atoms with van der Waals surface area (Å²) >= 11 is 0. The van der Waals surface area contributed by atoms with Gasteiger partial charge in [0.25, 0.3) is 0 Å². The van der Waals surface area contributed by atoms with Crippen molar-refractivity contribution in [2.45, 2.75) is 38.4 Å². The van der Waals surface area contributed by atoms with E-state index in [1.165, 1.54) is 19.4 Å². The number of nitrogens with zero attached hydrogens (tertiary/aromatic N) is 3. The molecule has 1 aliphatic heterocycles. The van der Waals surface area contributed by atoms with Crippen LogP contribution in [0, 0.1) is 5.92 Å². The van der Waals surface area contributed by atoms with E-state index in [1.54, 1.807) is 0 Å². The van der Waals surface area contributed by atoms with E-state index >= 15 is 0 Å². The van der Waals surface area contributed by atoms with Gasteiger partial charge in [-0.25, -0.2) is 4.98 Å². The minimum atomic E-state index is 0.457. The molecule has 3 N–H and O–H groups in total. The van der Waals surface area contributed by atoms with Gasteiger partial charge in [0.1, 0.15) is 5.82 Å². The van der Waals surface area contributed by atoms with E-state index in [-0.39, 0.29) is 0 Å². The van der Waals surface area contributed by atoms with Crippen LogP contribution >= 0.6 is 0 Å². The Morgan fingerprint density at radius 1 is 1.27 bits per heavy atom. The molecule has 1 saturated carbocycles. The highest BCUT2D eigenvalue weighted by atomic mass is 15.3. The van der Waals surface area contributed by atoms with Crippen molar-refractivity contribution in [3.05, 3.63) is 42.4 Å². The lowest BCUT2D eigenvalue weighted by molar-refractivity contribution is 0.315. The third kappa shape index (κ3) is 3.90. The van der Waals surface area contributed by atoms with Crippen LogP contribution in [0.25, 0.3) is 11.3 Å². The standard InChI is InChI=1S/C20H28N6/c1-14-12-26(16-8-9-16)13-18(14)25-20(21-2)23-11-19-22-10-17(24-19)15-6-4-3-5-7-15/h3-7,10,14,16,18H,8-9,11-13H2,1-2H3,(H,22,24)(H2,21,23,25). The molecule has 0 bridgehead atoms. The van der Waals surface area contributed by atoms with E-state index in [0.29, 0.717) is 18.5 Å². The summed E-state index contributed by atoms with van der Waals surface area (Å²) in [5.41, 5.74) is 2.18. The van der Waals surface area contributed by atoms with Gasteiger partial charge in [-0.05, 0) is 24.3 Å². The Morgan fingerprint density at radius 3 is 2.81 bits per heavy atom. The second-order valence-corrected chi connectivity index (χ2v) is 7.45. The Balaban J connectivity index is 1.31. The van der Waals surface area contributed by atoms with Crippen molar-refractivity contribution >= 4 is 5.96 Å². The molecule has 1 saturated heterocycles. The van der Waals surface area contributed by atoms with Crippen LogP contribution in [0.15, 0.2) is 41.5 Å². The fraction of sp³-hybridized carbons (Fsp3) is 0.500. The lowest BCUT2D eigenvalue weighted by Crippen LogP contribution is -2.46. The number of guanidine groups is 1. The number of H-pyrrole nitrogens is 1. The number of aliphatic imine (C=N–C) groups is 1. The molecule has 6 nitrogen and oxygen atoms in total. The van der Waals surface area contributed by atoms with E-state index in [1.807, 2.05) is 31.4 Å². The average Bonchev–Trinajstić information content (AvgIpc) is 3.30. The summed E-state index contributed by atoms with van der Waals surface area (Å²) in [6.45, 7) is 5.26. The highest BCUT2D eigenvalue weighted by molar-refractivity contribution is 5.80. The highest BCUT2D eigenvalue weighted by Gasteiger charge is 2.38. The summed E-state index contributed by atoms with van der Waals surface area (Å²) in [5.74, 6) is 2.39. The highest BCUT2D eigenvalue weighted by Crippen LogP contribution is 2.31. The van der Waals surface area contributed by atoms with Gasteiger partial charge in [-0.3, -0.25) is 9.89 Å². The Bertz CT molecular complexity index is 749. The van der Waals surface area contributed by atoms with Crippen LogP contribution in [-0.4, -0.2) is 53.0 Å². The molecule has 2 fully saturated rings. The number of hydrogen-bond donors (Lipinski definition) is 3. The fourth-order valence-electron chi connectivity index (χ4n) is 3.68. The first kappa shape index (κ1) is 17.1. The largest absolute Gasteiger partial charge is 0.352 e. The molecule has 2 unspecified atom stereocenters. The van der Waals surface area contributed by atoms with Gasteiger partial charge in [-0.2, -0.15) is 0 Å². The SMILES string of the molecule is CN=C(NCc1ncc(-c2ccccc2)[nH]1)NC1CN(C2CC2)CC1C. The van der Waals surface area contributed by atoms with E-state index in [4.69, 9.17) is 0 Å². The second kappa shape index (κ2) is 7.50. The van der Waals surface area contributed by atoms with Gasteiger partial charge in [-0.15, -0.1) is 0 Å². The molecule has 138 valence electrons. The van der Waals surface area contributed by atoms with Crippen molar-refractivity contribution in [1.82, 2.24) is 25.5 Å². The minimum Gasteiger partial charge on any atom is -0.352 e. The third-order valence-electron chi connectivity index (χ3n) is 5.39. The van der Waals surface area contributed by atoms with Crippen LogP contribution in [-0.2, 0) is 6.54 Å². The van der Waals surface area contributed by atoms with Crippen LogP contribution in [0.1, 0.15) is 25.6 Å². The van der Waals surface area contributed by atoms with Gasteiger partial charge in [0.2, 0.25) is 0 Å². The predicted octanol–water partition coefficient (Wildman–Crippen LogP) is 2.22. The molecule has 4 rings (SSSR count). The average molecular weight is 352 g/mol. The van der Waals surface area contributed by atoms with Gasteiger partial charge in [0.05, 0.1) is 18.4 Å². The molecule has 0 amide bonds. The van der Waals surface area contributed by atoms with E-state index in [0.717, 1.165) is 35.6 Å². The number of rotatable bonds is 5. The predicted molar refractivity (Wildman–Crippen MR) is 105 cm³/mol. The topological polar surface area (TPSA) is 68.3 Å². The number of aromatic nitrogens is 2. The lowest BCUT2D eigenvalue weighted by atomic mass is 10.1. The molecule has 1 aliphatic carbocycles. The van der Waals surface area contributed by atoms with Crippen LogP contribution in [0.5, 0.6) is 0 Å². The second-order valence-electron chi connectivity index (χ2n) is 7.45. The first-order valence-corrected chi connectivity index (χ1v) is 9.53. The zero-order valence-electron chi connectivity index (χ0n) is 15.6. The molecule has 2 aromatic rings. The molecule has 0 spiro atoms. The smallest absolute Gasteiger partial charge is 0.191 e. The minimum absolute atomic E-state index is 0.457. The molecule has 2 aliphatic rings. The number of likely N-dealkylation sites (tertiary alicyclic amines) is 1. The Hall–Kier alpha value is -2.34. The maximum atomic E-state index is 4.48. The number of benzene rings is 1. The molecule has 1 aromatic heterocycles. The molecule has 2 atom stereocenters. The maximum Gasteiger partial charge on any atom is 0.191 e. The monoisotopic (exact) mass is 352 g/mol. The zero-order valence-corrected chi connectivity index (χ0v) is 15.6. The Kier molecular flexibility index (Phi) is 4.93. The number of nitrogens with one attached hydrogen (secondary N) is 3. The van der Waals surface area contributed by atoms with Crippen molar-refractivity contribution in [2.75, 3.05) is 20.1 Å². The summed E-state index contributed by atoms with van der Waals surface area (Å²) in [5, 5.41) is 6.98. The summed E-state index contributed by atoms with van der Waals surface area (Å²) in [6, 6.07) is 11.5. The molecule has 1 aromatic carbocycles. The first-order valence-electron chi connectivity index (χ1n) is 9.53. The van der Waals surface area contributed by atoms with Crippen LogP contribution < -0.4 is 10.6 Å². The van der Waals surface area contributed by atoms with Gasteiger partial charge in [0.15, 0.2) is 5.96 Å². The van der Waals surface area contributed by atoms with Gasteiger partial charge >= 0.3 is 0 Å². The van der Waals surface area contributed by atoms with Crippen LogP contribution in [0.3, 0.4) is 0 Å². The third-order valence-corrected chi connectivity index (χ3v) is 5.39. The van der Waals surface area contributed by atoms with Crippen molar-refractivity contribution in [3.8, 4) is 11.3 Å². The van der Waals surface area contributed by atoms with Gasteiger partial charge in [-0.1, -0.05) is 37.3 Å². The van der Waals surface area contributed by atoms with Crippen molar-refractivity contribution in [2.24, 2.45) is 10.9 Å². The Morgan fingerprint density at radius 2 is 2.08 bits per heavy atom. The van der Waals surface area contributed by atoms with Crippen molar-refractivity contribution in [1.29, 1.82) is 0 Å². The molecule has 6 heteroatoms. The molecular weight excluding hydrogens is 324 g/mol. The Labute approximate surface area is 155 Å². The summed E-state index contributed by atoms with van der Waals surface area (Å²) in [6.07, 6.45) is 4.62. The van der Waals surface area contributed by atoms with E-state index in [9.17, 15) is 0 Å². The van der Waals surface area contributed by atoms with Crippen LogP contribution in [0.4, 0.5) is 0 Å². The van der Waals surface area contributed by atoms with Gasteiger partial charge < -0.3 is 15.6 Å². The van der Waals surface area contributed by atoms with Crippen LogP contribution in [0.2, 0.25) is 0 Å². The summed E-state index contributed by atoms with van der Waals surface area (Å²) in [4.78, 5) is 14.9. The number of hydrogen-bond acceptors (Lipinski definition) is 3. The summed E-state index contributed by atoms with van der Waals surface area (Å²) < 4.78 is 0. The number of imidazole rings is 1. The molecular formula is C20H28N6. The molecule has 26 heavy (non-hydrogen) atoms. The first-order chi connectivity index (χ1) is 12.7. The van der Waals surface area contributed by atoms with Crippen molar-refractivity contribution in [3.63, 3.8) is 0 Å². The molecule has 2 heterocycles. The quantitative estimate of drug-likeness (QED) is 0.570. The zero-order chi connectivity index (χ0) is 17.9. The van der Waals surface area contributed by atoms with Crippen molar-refractivity contribution < 1.29 is 0 Å². The molecule has 0 radical (unpaired) electrons. The normalized spacial score (nSPS) is 24.0. The van der Waals surface area contributed by atoms with E-state index in [2.05, 4.69) is 49.6 Å². The fourth-order valence-corrected chi connectivity index (χ4v) is 3.68.